The summed E-state index contributed by atoms with van der Waals surface area (Å²) in [7, 11) is 0. The number of benzene rings is 2. The van der Waals surface area contributed by atoms with Crippen LogP contribution < -0.4 is 10.6 Å². The molecule has 4 rings (SSSR count). The van der Waals surface area contributed by atoms with Crippen molar-refractivity contribution in [2.24, 2.45) is 0 Å². The van der Waals surface area contributed by atoms with Crippen molar-refractivity contribution in [3.05, 3.63) is 88.2 Å². The zero-order valence-electron chi connectivity index (χ0n) is 17.6. The van der Waals surface area contributed by atoms with Crippen molar-refractivity contribution in [1.29, 1.82) is 0 Å². The van der Waals surface area contributed by atoms with Gasteiger partial charge in [-0.15, -0.1) is 0 Å². The van der Waals surface area contributed by atoms with Gasteiger partial charge in [0.05, 0.1) is 35.0 Å². The van der Waals surface area contributed by atoms with E-state index < -0.39 is 24.0 Å². The average Bonchev–Trinajstić information content (AvgIpc) is 2.82. The van der Waals surface area contributed by atoms with Gasteiger partial charge in [-0.05, 0) is 42.8 Å². The summed E-state index contributed by atoms with van der Waals surface area (Å²) in [4.78, 5) is 41.9. The third-order valence-electron chi connectivity index (χ3n) is 5.02. The second-order valence-electron chi connectivity index (χ2n) is 7.17. The molecular formula is C24H20ClN3O5. The van der Waals surface area contributed by atoms with E-state index in [1.807, 2.05) is 6.07 Å². The summed E-state index contributed by atoms with van der Waals surface area (Å²) in [6.45, 7) is 1.52. The number of halogens is 1. The number of hydrogen-bond acceptors (Lipinski definition) is 6. The lowest BCUT2D eigenvalue weighted by molar-refractivity contribution is -0.139. The lowest BCUT2D eigenvalue weighted by atomic mass is 9.95. The van der Waals surface area contributed by atoms with E-state index in [9.17, 15) is 14.4 Å². The predicted molar refractivity (Wildman–Crippen MR) is 122 cm³/mol. The monoisotopic (exact) mass is 465 g/mol. The summed E-state index contributed by atoms with van der Waals surface area (Å²) >= 11 is 5.90. The molecule has 0 fully saturated rings. The van der Waals surface area contributed by atoms with Gasteiger partial charge in [0, 0.05) is 5.39 Å². The molecule has 0 radical (unpaired) electrons. The van der Waals surface area contributed by atoms with Crippen LogP contribution in [0.25, 0.3) is 10.9 Å². The Morgan fingerprint density at radius 3 is 2.58 bits per heavy atom. The van der Waals surface area contributed by atoms with Crippen LogP contribution in [-0.4, -0.2) is 36.2 Å². The topological polar surface area (TPSA) is 107 Å². The number of nitrogens with zero attached hydrogens (tertiary/aromatic N) is 1. The molecule has 0 aliphatic carbocycles. The first-order valence-electron chi connectivity index (χ1n) is 10.2. The molecule has 1 aliphatic heterocycles. The van der Waals surface area contributed by atoms with Crippen molar-refractivity contribution >= 4 is 40.5 Å². The second-order valence-corrected chi connectivity index (χ2v) is 7.56. The zero-order valence-corrected chi connectivity index (χ0v) is 18.4. The van der Waals surface area contributed by atoms with Crippen LogP contribution >= 0.6 is 11.6 Å². The third kappa shape index (κ3) is 4.96. The Labute approximate surface area is 194 Å². The number of hydrogen-bond donors (Lipinski definition) is 2. The third-order valence-corrected chi connectivity index (χ3v) is 5.23. The molecule has 2 amide bonds. The van der Waals surface area contributed by atoms with Gasteiger partial charge < -0.3 is 20.1 Å². The van der Waals surface area contributed by atoms with Gasteiger partial charge in [-0.25, -0.2) is 19.4 Å². The van der Waals surface area contributed by atoms with Crippen LogP contribution in [0.3, 0.4) is 0 Å². The molecule has 1 unspecified atom stereocenters. The Kier molecular flexibility index (Phi) is 6.55. The molecule has 8 nitrogen and oxygen atoms in total. The first kappa shape index (κ1) is 22.3. The highest BCUT2D eigenvalue weighted by Gasteiger charge is 2.34. The predicted octanol–water partition coefficient (Wildman–Crippen LogP) is 3.92. The van der Waals surface area contributed by atoms with E-state index in [1.165, 1.54) is 0 Å². The van der Waals surface area contributed by atoms with E-state index in [-0.39, 0.29) is 24.5 Å². The molecule has 33 heavy (non-hydrogen) atoms. The van der Waals surface area contributed by atoms with E-state index in [0.29, 0.717) is 21.8 Å². The number of fused-ring (bicyclic) bond motifs is 1. The van der Waals surface area contributed by atoms with Gasteiger partial charge in [-0.3, -0.25) is 0 Å². The van der Waals surface area contributed by atoms with Crippen molar-refractivity contribution in [2.75, 3.05) is 13.2 Å². The second kappa shape index (κ2) is 9.70. The fraction of sp³-hybridized carbons (Fsp3) is 0.167. The summed E-state index contributed by atoms with van der Waals surface area (Å²) in [6.07, 6.45) is 0. The maximum absolute atomic E-state index is 12.8. The van der Waals surface area contributed by atoms with Crippen molar-refractivity contribution in [2.45, 2.75) is 13.0 Å². The van der Waals surface area contributed by atoms with Crippen molar-refractivity contribution in [3.8, 4) is 0 Å². The van der Waals surface area contributed by atoms with Crippen molar-refractivity contribution in [3.63, 3.8) is 0 Å². The molecule has 2 N–H and O–H groups in total. The highest BCUT2D eigenvalue weighted by atomic mass is 35.5. The standard InChI is InChI=1S/C24H20ClN3O5/c1-2-32-23(30)20-18(27-24(31)28-21(20)14-6-4-3-5-7-14)13-33-22(29)16-8-10-17-15(12-16)9-11-19(25)26-17/h3-12,21H,2,13H2,1H3,(H2,27,28,31). The minimum absolute atomic E-state index is 0.153. The number of rotatable bonds is 6. The fourth-order valence-electron chi connectivity index (χ4n) is 3.53. The van der Waals surface area contributed by atoms with Gasteiger partial charge >= 0.3 is 18.0 Å². The maximum atomic E-state index is 12.8. The van der Waals surface area contributed by atoms with Gasteiger partial charge in [0.2, 0.25) is 0 Å². The lowest BCUT2D eigenvalue weighted by Crippen LogP contribution is -2.47. The highest BCUT2D eigenvalue weighted by molar-refractivity contribution is 6.29. The summed E-state index contributed by atoms with van der Waals surface area (Å²) in [6, 6.07) is 16.0. The largest absolute Gasteiger partial charge is 0.463 e. The van der Waals surface area contributed by atoms with Crippen LogP contribution in [0.2, 0.25) is 5.15 Å². The van der Waals surface area contributed by atoms with Crippen molar-refractivity contribution < 1.29 is 23.9 Å². The number of carbonyl (C=O) groups is 3. The number of nitrogens with one attached hydrogen (secondary N) is 2. The van der Waals surface area contributed by atoms with E-state index >= 15 is 0 Å². The molecule has 168 valence electrons. The van der Waals surface area contributed by atoms with Gasteiger partial charge in [-0.2, -0.15) is 0 Å². The van der Waals surface area contributed by atoms with Gasteiger partial charge in [0.25, 0.3) is 0 Å². The summed E-state index contributed by atoms with van der Waals surface area (Å²) in [5.74, 6) is -1.23. The van der Waals surface area contributed by atoms with Crippen LogP contribution in [0.1, 0.15) is 28.9 Å². The fourth-order valence-corrected chi connectivity index (χ4v) is 3.68. The van der Waals surface area contributed by atoms with E-state index in [0.717, 1.165) is 5.39 Å². The van der Waals surface area contributed by atoms with Crippen LogP contribution in [0, 0.1) is 0 Å². The normalized spacial score (nSPS) is 15.6. The average molecular weight is 466 g/mol. The van der Waals surface area contributed by atoms with Gasteiger partial charge in [0.15, 0.2) is 0 Å². The molecule has 1 atom stereocenters. The smallest absolute Gasteiger partial charge is 0.338 e. The highest BCUT2D eigenvalue weighted by Crippen LogP contribution is 2.28. The number of pyridine rings is 1. The molecule has 1 aromatic heterocycles. The number of carbonyl (C=O) groups excluding carboxylic acids is 3. The van der Waals surface area contributed by atoms with Crippen LogP contribution in [0.4, 0.5) is 4.79 Å². The molecule has 1 aliphatic rings. The van der Waals surface area contributed by atoms with Crippen LogP contribution in [0.5, 0.6) is 0 Å². The molecule has 2 aromatic carbocycles. The number of esters is 2. The molecule has 3 aromatic rings. The molecule has 0 saturated heterocycles. The van der Waals surface area contributed by atoms with E-state index in [2.05, 4.69) is 15.6 Å². The van der Waals surface area contributed by atoms with Crippen LogP contribution in [-0.2, 0) is 14.3 Å². The summed E-state index contributed by atoms with van der Waals surface area (Å²) in [5, 5.41) is 6.38. The zero-order chi connectivity index (χ0) is 23.4. The van der Waals surface area contributed by atoms with Gasteiger partial charge in [0.1, 0.15) is 11.8 Å². The Bertz CT molecular complexity index is 1260. The number of aromatic nitrogens is 1. The Morgan fingerprint density at radius 1 is 1.03 bits per heavy atom. The Balaban J connectivity index is 1.61. The molecule has 0 spiro atoms. The molecular weight excluding hydrogens is 446 g/mol. The van der Waals surface area contributed by atoms with E-state index in [1.54, 1.807) is 61.5 Å². The number of amides is 2. The lowest BCUT2D eigenvalue weighted by Gasteiger charge is -2.29. The Hall–Kier alpha value is -3.91. The number of urea groups is 1. The quantitative estimate of drug-likeness (QED) is 0.422. The first-order valence-corrected chi connectivity index (χ1v) is 10.6. The minimum atomic E-state index is -0.746. The summed E-state index contributed by atoms with van der Waals surface area (Å²) in [5.41, 5.74) is 1.97. The SMILES string of the molecule is CCOC(=O)C1=C(COC(=O)c2ccc3nc(Cl)ccc3c2)NC(=O)NC1c1ccccc1. The maximum Gasteiger partial charge on any atom is 0.338 e. The molecule has 0 saturated carbocycles. The van der Waals surface area contributed by atoms with Crippen molar-refractivity contribution in [1.82, 2.24) is 15.6 Å². The van der Waals surface area contributed by atoms with Crippen LogP contribution in [0.15, 0.2) is 71.9 Å². The number of ether oxygens (including phenoxy) is 2. The molecule has 0 bridgehead atoms. The Morgan fingerprint density at radius 2 is 1.82 bits per heavy atom. The molecule has 9 heteroatoms. The van der Waals surface area contributed by atoms with E-state index in [4.69, 9.17) is 21.1 Å². The summed E-state index contributed by atoms with van der Waals surface area (Å²) < 4.78 is 10.6. The molecule has 2 heterocycles. The first-order chi connectivity index (χ1) is 16.0. The minimum Gasteiger partial charge on any atom is -0.463 e. The van der Waals surface area contributed by atoms with Gasteiger partial charge in [-0.1, -0.05) is 41.9 Å².